The number of likely N-dealkylation sites (tertiary alicyclic amines) is 1. The largest absolute Gasteiger partial charge is 0.445 e. The van der Waals surface area contributed by atoms with E-state index in [4.69, 9.17) is 9.47 Å². The average Bonchev–Trinajstić information content (AvgIpc) is 3.31. The highest BCUT2D eigenvalue weighted by Gasteiger charge is 2.38. The molecule has 0 radical (unpaired) electrons. The fourth-order valence-electron chi connectivity index (χ4n) is 4.28. The summed E-state index contributed by atoms with van der Waals surface area (Å²) in [5.41, 5.74) is 1.06. The van der Waals surface area contributed by atoms with Crippen molar-refractivity contribution in [1.82, 2.24) is 9.80 Å². The Hall–Kier alpha value is -4.20. The number of benzene rings is 2. The van der Waals surface area contributed by atoms with Gasteiger partial charge in [0.25, 0.3) is 11.4 Å². The number of hydrogen-bond acceptors (Lipinski definition) is 10. The first-order valence-electron chi connectivity index (χ1n) is 12.4. The molecule has 13 nitrogen and oxygen atoms in total. The number of carbonyl (C=O) groups excluding carboxylic acids is 3. The van der Waals surface area contributed by atoms with Crippen molar-refractivity contribution < 1.29 is 33.7 Å². The highest BCUT2D eigenvalue weighted by Crippen LogP contribution is 2.32. The fourth-order valence-corrected chi connectivity index (χ4v) is 5.30. The molecule has 14 heteroatoms. The van der Waals surface area contributed by atoms with Crippen LogP contribution >= 0.6 is 11.8 Å². The summed E-state index contributed by atoms with van der Waals surface area (Å²) in [5.74, 6) is 0. The molecule has 2 aromatic carbocycles. The Labute approximate surface area is 234 Å². The molecule has 0 aromatic heterocycles. The molecule has 1 heterocycles. The Morgan fingerprint density at radius 1 is 0.975 bits per heavy atom. The van der Waals surface area contributed by atoms with Crippen LogP contribution in [0.25, 0.3) is 0 Å². The van der Waals surface area contributed by atoms with Gasteiger partial charge in [-0.05, 0) is 55.2 Å². The van der Waals surface area contributed by atoms with Gasteiger partial charge in [0.05, 0.1) is 9.85 Å². The molecule has 1 aliphatic heterocycles. The van der Waals surface area contributed by atoms with Gasteiger partial charge in [-0.25, -0.2) is 9.59 Å². The highest BCUT2D eigenvalue weighted by molar-refractivity contribution is 8.14. The number of thioether (sulfide) groups is 1. The van der Waals surface area contributed by atoms with Gasteiger partial charge in [0.2, 0.25) is 0 Å². The quantitative estimate of drug-likeness (QED) is 0.281. The number of non-ortho nitro benzene ring substituents is 2. The molecule has 1 unspecified atom stereocenters. The summed E-state index contributed by atoms with van der Waals surface area (Å²) in [4.78, 5) is 60.9. The Balaban J connectivity index is 1.58. The van der Waals surface area contributed by atoms with Crippen LogP contribution in [0, 0.1) is 20.2 Å². The lowest BCUT2D eigenvalue weighted by atomic mass is 10.1. The first-order valence-corrected chi connectivity index (χ1v) is 13.3. The van der Waals surface area contributed by atoms with Crippen molar-refractivity contribution in [2.75, 3.05) is 13.6 Å². The lowest BCUT2D eigenvalue weighted by Gasteiger charge is -2.30. The maximum absolute atomic E-state index is 13.0. The minimum absolute atomic E-state index is 0.0598. The van der Waals surface area contributed by atoms with Crippen LogP contribution in [0.2, 0.25) is 0 Å². The number of ether oxygens (including phenoxy) is 2. The molecule has 0 bridgehead atoms. The van der Waals surface area contributed by atoms with Crippen LogP contribution in [-0.2, 0) is 27.5 Å². The van der Waals surface area contributed by atoms with E-state index >= 15 is 0 Å². The summed E-state index contributed by atoms with van der Waals surface area (Å²) in [6, 6.07) is 10.8. The zero-order valence-corrected chi connectivity index (χ0v) is 23.1. The lowest BCUT2D eigenvalue weighted by molar-refractivity contribution is -0.385. The summed E-state index contributed by atoms with van der Waals surface area (Å²) >= 11 is 1.16. The number of rotatable bonds is 10. The van der Waals surface area contributed by atoms with Crippen molar-refractivity contribution in [2.45, 2.75) is 57.2 Å². The zero-order chi connectivity index (χ0) is 29.4. The molecular formula is C26H30N4O9S. The maximum Gasteiger partial charge on any atom is 0.410 e. The normalized spacial score (nSPS) is 17.1. The Morgan fingerprint density at radius 3 is 1.95 bits per heavy atom. The number of amides is 2. The third-order valence-corrected chi connectivity index (χ3v) is 7.53. The van der Waals surface area contributed by atoms with Crippen molar-refractivity contribution >= 4 is 40.4 Å². The average molecular weight is 575 g/mol. The third-order valence-electron chi connectivity index (χ3n) is 6.52. The van der Waals surface area contributed by atoms with Crippen LogP contribution in [0.15, 0.2) is 48.5 Å². The summed E-state index contributed by atoms with van der Waals surface area (Å²) in [5, 5.41) is 21.5. The molecule has 40 heavy (non-hydrogen) atoms. The summed E-state index contributed by atoms with van der Waals surface area (Å²) in [6.07, 6.45) is -0.228. The number of nitro benzene ring substituents is 2. The van der Waals surface area contributed by atoms with Crippen molar-refractivity contribution in [2.24, 2.45) is 0 Å². The van der Waals surface area contributed by atoms with E-state index in [2.05, 4.69) is 0 Å². The fraction of sp³-hybridized carbons (Fsp3) is 0.423. The van der Waals surface area contributed by atoms with Gasteiger partial charge in [0, 0.05) is 62.1 Å². The molecule has 1 aliphatic rings. The zero-order valence-electron chi connectivity index (χ0n) is 22.3. The molecular weight excluding hydrogens is 544 g/mol. The van der Waals surface area contributed by atoms with Crippen LogP contribution in [0.5, 0.6) is 0 Å². The molecule has 0 spiro atoms. The predicted octanol–water partition coefficient (Wildman–Crippen LogP) is 4.91. The SMILES string of the molecule is CC(=O)S[C@H]1C[C@@H](CC(C)N(C)C(=O)OCc2ccc([N+](=O)[O-])cc2)N(C(=O)OCc2ccc([N+](=O)[O-])cc2)C1. The van der Waals surface area contributed by atoms with E-state index in [9.17, 15) is 34.6 Å². The molecule has 3 atom stereocenters. The summed E-state index contributed by atoms with van der Waals surface area (Å²) < 4.78 is 10.8. The van der Waals surface area contributed by atoms with Gasteiger partial charge in [-0.15, -0.1) is 0 Å². The minimum atomic E-state index is -0.592. The molecule has 2 amide bonds. The molecule has 2 aromatic rings. The van der Waals surface area contributed by atoms with E-state index in [0.717, 1.165) is 11.8 Å². The summed E-state index contributed by atoms with van der Waals surface area (Å²) in [6.45, 7) is 3.45. The van der Waals surface area contributed by atoms with Gasteiger partial charge in [-0.3, -0.25) is 25.0 Å². The van der Waals surface area contributed by atoms with Crippen LogP contribution in [0.3, 0.4) is 0 Å². The first-order chi connectivity index (χ1) is 18.9. The molecule has 0 saturated carbocycles. The highest BCUT2D eigenvalue weighted by atomic mass is 32.2. The van der Waals surface area contributed by atoms with E-state index in [-0.39, 0.29) is 47.0 Å². The monoisotopic (exact) mass is 574 g/mol. The molecule has 1 fully saturated rings. The van der Waals surface area contributed by atoms with Crippen LogP contribution in [0.4, 0.5) is 21.0 Å². The minimum Gasteiger partial charge on any atom is -0.445 e. The topological polar surface area (TPSA) is 162 Å². The lowest BCUT2D eigenvalue weighted by Crippen LogP contribution is -2.42. The number of hydrogen-bond donors (Lipinski definition) is 0. The van der Waals surface area contributed by atoms with Gasteiger partial charge < -0.3 is 19.3 Å². The van der Waals surface area contributed by atoms with E-state index in [1.54, 1.807) is 11.9 Å². The standard InChI is InChI=1S/C26H30N4O9S/c1-17(27(3)25(32)38-15-19-4-8-21(9-5-19)29(34)35)12-23-13-24(40-18(2)31)14-28(23)26(33)39-16-20-6-10-22(11-7-20)30(36)37/h4-11,17,23-24H,12-16H2,1-3H3/t17?,23-,24+/m1/s1. The second-order valence-corrected chi connectivity index (χ2v) is 10.9. The van der Waals surface area contributed by atoms with Crippen molar-refractivity contribution in [3.8, 4) is 0 Å². The van der Waals surface area contributed by atoms with E-state index in [1.165, 1.54) is 60.4 Å². The van der Waals surface area contributed by atoms with Crippen molar-refractivity contribution in [3.05, 3.63) is 79.9 Å². The van der Waals surface area contributed by atoms with Gasteiger partial charge in [-0.1, -0.05) is 11.8 Å². The first kappa shape index (κ1) is 30.3. The van der Waals surface area contributed by atoms with E-state index in [0.29, 0.717) is 30.5 Å². The summed E-state index contributed by atoms with van der Waals surface area (Å²) in [7, 11) is 1.58. The smallest absolute Gasteiger partial charge is 0.410 e. The van der Waals surface area contributed by atoms with E-state index < -0.39 is 22.0 Å². The molecule has 3 rings (SSSR count). The van der Waals surface area contributed by atoms with E-state index in [1.807, 2.05) is 6.92 Å². The second-order valence-electron chi connectivity index (χ2n) is 9.43. The van der Waals surface area contributed by atoms with Gasteiger partial charge in [0.15, 0.2) is 5.12 Å². The van der Waals surface area contributed by atoms with Crippen molar-refractivity contribution in [3.63, 3.8) is 0 Å². The Kier molecular flexibility index (Phi) is 10.4. The number of nitrogens with zero attached hydrogens (tertiary/aromatic N) is 4. The Bertz CT molecular complexity index is 1240. The van der Waals surface area contributed by atoms with Crippen LogP contribution < -0.4 is 0 Å². The predicted molar refractivity (Wildman–Crippen MR) is 146 cm³/mol. The van der Waals surface area contributed by atoms with Gasteiger partial charge in [0.1, 0.15) is 13.2 Å². The van der Waals surface area contributed by atoms with Crippen LogP contribution in [0.1, 0.15) is 37.8 Å². The Morgan fingerprint density at radius 2 is 1.48 bits per heavy atom. The second kappa shape index (κ2) is 13.7. The third kappa shape index (κ3) is 8.40. The molecule has 214 valence electrons. The van der Waals surface area contributed by atoms with Crippen LogP contribution in [-0.4, -0.2) is 67.9 Å². The maximum atomic E-state index is 13.0. The molecule has 1 saturated heterocycles. The van der Waals surface area contributed by atoms with Gasteiger partial charge in [-0.2, -0.15) is 0 Å². The van der Waals surface area contributed by atoms with Crippen molar-refractivity contribution in [1.29, 1.82) is 0 Å². The molecule has 0 aliphatic carbocycles. The number of carbonyl (C=O) groups is 3. The number of nitro groups is 2. The van der Waals surface area contributed by atoms with Gasteiger partial charge >= 0.3 is 12.2 Å². The molecule has 0 N–H and O–H groups in total.